The highest BCUT2D eigenvalue weighted by Gasteiger charge is 2.48. The van der Waals surface area contributed by atoms with E-state index in [2.05, 4.69) is 0 Å². The topological polar surface area (TPSA) is 223 Å². The fourth-order valence-electron chi connectivity index (χ4n) is 5.38. The zero-order valence-electron chi connectivity index (χ0n) is 27.5. The Hall–Kier alpha value is -6.61. The van der Waals surface area contributed by atoms with E-state index in [1.54, 1.807) is 24.3 Å². The molecule has 53 heavy (non-hydrogen) atoms. The second-order valence-corrected chi connectivity index (χ2v) is 11.9. The maximum atomic E-state index is 12.9. The van der Waals surface area contributed by atoms with Gasteiger partial charge in [-0.25, -0.2) is 9.59 Å². The standard InChI is InChI=1S/C39H32O14/c40-24-9-1-21(2-10-24)5-15-33(45)49-20-32-38(53-34(46)16-6-22-3-11-25(41)12-4-22)36(47)37(48)39(52-32)50-27-17-28(43)35-29(44)19-30(51-31(35)18-27)23-7-13-26(42)14-8-23/h1-19,32,36-43,47-48H,20H2/t32-,36-,37-,38-,39-/m1/s1. The van der Waals surface area contributed by atoms with Crippen molar-refractivity contribution in [1.82, 2.24) is 0 Å². The number of fused-ring (bicyclic) bond motifs is 1. The summed E-state index contributed by atoms with van der Waals surface area (Å²) in [6.45, 7) is -0.587. The predicted octanol–water partition coefficient (Wildman–Crippen LogP) is 3.99. The summed E-state index contributed by atoms with van der Waals surface area (Å²) in [7, 11) is 0. The molecule has 0 unspecified atom stereocenters. The number of benzene rings is 4. The summed E-state index contributed by atoms with van der Waals surface area (Å²) >= 11 is 0. The fourth-order valence-corrected chi connectivity index (χ4v) is 5.38. The van der Waals surface area contributed by atoms with E-state index < -0.39 is 60.4 Å². The lowest BCUT2D eigenvalue weighted by molar-refractivity contribution is -0.281. The zero-order valence-corrected chi connectivity index (χ0v) is 27.5. The van der Waals surface area contributed by atoms with Crippen molar-refractivity contribution in [2.24, 2.45) is 0 Å². The third kappa shape index (κ3) is 8.83. The van der Waals surface area contributed by atoms with Crippen LogP contribution in [0.1, 0.15) is 11.1 Å². The number of hydrogen-bond acceptors (Lipinski definition) is 14. The lowest BCUT2D eigenvalue weighted by Crippen LogP contribution is -2.61. The highest BCUT2D eigenvalue weighted by molar-refractivity contribution is 5.88. The average Bonchev–Trinajstić information content (AvgIpc) is 3.13. The molecule has 1 saturated heterocycles. The van der Waals surface area contributed by atoms with Gasteiger partial charge < -0.3 is 54.0 Å². The summed E-state index contributed by atoms with van der Waals surface area (Å²) in [6, 6.07) is 21.3. The molecule has 6 rings (SSSR count). The SMILES string of the molecule is O=C(C=Cc1ccc(O)cc1)OC[C@H]1O[C@@H](Oc2cc(O)c3c(=O)cc(-c4ccc(O)cc4)oc3c2)[C@H](O)[C@@H](O)[C@@H]1OC(=O)C=Cc1ccc(O)cc1. The molecule has 2 heterocycles. The maximum Gasteiger partial charge on any atom is 0.331 e. The third-order valence-electron chi connectivity index (χ3n) is 8.08. The van der Waals surface area contributed by atoms with Crippen LogP contribution in [0.25, 0.3) is 34.4 Å². The Morgan fingerprint density at radius 3 is 1.89 bits per heavy atom. The molecule has 14 nitrogen and oxygen atoms in total. The van der Waals surface area contributed by atoms with Crippen LogP contribution in [0.5, 0.6) is 28.7 Å². The molecule has 0 amide bonds. The van der Waals surface area contributed by atoms with Gasteiger partial charge in [-0.1, -0.05) is 24.3 Å². The molecule has 0 aliphatic carbocycles. The first-order valence-corrected chi connectivity index (χ1v) is 16.0. The van der Waals surface area contributed by atoms with Crippen LogP contribution in [-0.4, -0.2) is 79.9 Å². The van der Waals surface area contributed by atoms with Crippen molar-refractivity contribution in [1.29, 1.82) is 0 Å². The molecule has 1 aromatic heterocycles. The highest BCUT2D eigenvalue weighted by atomic mass is 16.7. The number of hydrogen-bond donors (Lipinski definition) is 6. The van der Waals surface area contributed by atoms with Crippen LogP contribution in [0.2, 0.25) is 0 Å². The zero-order chi connectivity index (χ0) is 37.6. The third-order valence-corrected chi connectivity index (χ3v) is 8.08. The number of aromatic hydroxyl groups is 4. The van der Waals surface area contributed by atoms with Crippen LogP contribution in [-0.2, 0) is 23.8 Å². The lowest BCUT2D eigenvalue weighted by Gasteiger charge is -2.41. The largest absolute Gasteiger partial charge is 0.508 e. The van der Waals surface area contributed by atoms with Gasteiger partial charge in [-0.05, 0) is 71.8 Å². The lowest BCUT2D eigenvalue weighted by atomic mass is 9.99. The van der Waals surface area contributed by atoms with E-state index in [1.165, 1.54) is 72.8 Å². The van der Waals surface area contributed by atoms with Gasteiger partial charge in [-0.3, -0.25) is 4.79 Å². The summed E-state index contributed by atoms with van der Waals surface area (Å²) in [5.41, 5.74) is 0.908. The fraction of sp³-hybridized carbons (Fsp3) is 0.154. The Bertz CT molecular complexity index is 2210. The van der Waals surface area contributed by atoms with E-state index in [-0.39, 0.29) is 39.7 Å². The van der Waals surface area contributed by atoms with Crippen molar-refractivity contribution in [2.75, 3.05) is 6.61 Å². The van der Waals surface area contributed by atoms with E-state index >= 15 is 0 Å². The van der Waals surface area contributed by atoms with E-state index in [0.717, 1.165) is 18.2 Å². The van der Waals surface area contributed by atoms with Crippen LogP contribution < -0.4 is 10.2 Å². The maximum absolute atomic E-state index is 12.9. The van der Waals surface area contributed by atoms with Crippen molar-refractivity contribution in [2.45, 2.75) is 30.7 Å². The summed E-state index contributed by atoms with van der Waals surface area (Å²) in [5.74, 6) is -2.28. The number of phenolic OH excluding ortho intramolecular Hbond substituents is 4. The van der Waals surface area contributed by atoms with E-state index in [9.17, 15) is 45.0 Å². The number of ether oxygens (including phenoxy) is 4. The van der Waals surface area contributed by atoms with Gasteiger partial charge >= 0.3 is 11.9 Å². The average molecular weight is 725 g/mol. The van der Waals surface area contributed by atoms with E-state index in [1.807, 2.05) is 0 Å². The number of aliphatic hydroxyl groups is 2. The van der Waals surface area contributed by atoms with E-state index in [4.69, 9.17) is 23.4 Å². The number of carbonyl (C=O) groups is 2. The summed E-state index contributed by atoms with van der Waals surface area (Å²) in [5, 5.41) is 61.4. The van der Waals surface area contributed by atoms with Gasteiger partial charge in [0.25, 0.3) is 0 Å². The molecule has 272 valence electrons. The normalized spacial score (nSPS) is 20.1. The Labute approximate surface area is 300 Å². The van der Waals surface area contributed by atoms with Gasteiger partial charge in [0.15, 0.2) is 11.5 Å². The molecule has 6 N–H and O–H groups in total. The smallest absolute Gasteiger partial charge is 0.331 e. The van der Waals surface area contributed by atoms with Crippen LogP contribution >= 0.6 is 0 Å². The molecular weight excluding hydrogens is 692 g/mol. The molecular formula is C39H32O14. The molecule has 0 bridgehead atoms. The molecule has 5 aromatic rings. The number of esters is 2. The van der Waals surface area contributed by atoms with Crippen LogP contribution in [0, 0.1) is 0 Å². The Kier molecular flexibility index (Phi) is 10.7. The van der Waals surface area contributed by atoms with Crippen molar-refractivity contribution in [3.8, 4) is 40.1 Å². The highest BCUT2D eigenvalue weighted by Crippen LogP contribution is 2.34. The second kappa shape index (κ2) is 15.7. The van der Waals surface area contributed by atoms with Crippen molar-refractivity contribution in [3.05, 3.63) is 124 Å². The number of rotatable bonds is 10. The molecule has 0 saturated carbocycles. The molecule has 4 aromatic carbocycles. The molecule has 5 atom stereocenters. The van der Waals surface area contributed by atoms with Gasteiger partial charge in [0.05, 0.1) is 0 Å². The first kappa shape index (κ1) is 36.2. The Morgan fingerprint density at radius 2 is 1.28 bits per heavy atom. The molecule has 0 radical (unpaired) electrons. The Balaban J connectivity index is 1.23. The quantitative estimate of drug-likeness (QED) is 0.0886. The molecule has 0 spiro atoms. The van der Waals surface area contributed by atoms with Crippen LogP contribution in [0.3, 0.4) is 0 Å². The number of carbonyl (C=O) groups excluding carboxylic acids is 2. The van der Waals surface area contributed by atoms with Crippen LogP contribution in [0.4, 0.5) is 0 Å². The Morgan fingerprint density at radius 1 is 0.717 bits per heavy atom. The summed E-state index contributed by atoms with van der Waals surface area (Å²) in [6.07, 6.45) is -3.39. The van der Waals surface area contributed by atoms with Gasteiger partial charge in [-0.15, -0.1) is 0 Å². The van der Waals surface area contributed by atoms with Crippen molar-refractivity contribution in [3.63, 3.8) is 0 Å². The first-order chi connectivity index (χ1) is 25.4. The molecule has 1 aliphatic heterocycles. The van der Waals surface area contributed by atoms with Gasteiger partial charge in [-0.2, -0.15) is 0 Å². The first-order valence-electron chi connectivity index (χ1n) is 16.0. The second-order valence-electron chi connectivity index (χ2n) is 11.9. The minimum absolute atomic E-state index is 0.000360. The molecule has 1 aliphatic rings. The monoisotopic (exact) mass is 724 g/mol. The minimum atomic E-state index is -1.86. The van der Waals surface area contributed by atoms with Gasteiger partial charge in [0, 0.05) is 35.9 Å². The summed E-state index contributed by atoms with van der Waals surface area (Å²) in [4.78, 5) is 38.4. The van der Waals surface area contributed by atoms with Gasteiger partial charge in [0.2, 0.25) is 6.29 Å². The number of aliphatic hydroxyl groups excluding tert-OH is 2. The predicted molar refractivity (Wildman–Crippen MR) is 188 cm³/mol. The van der Waals surface area contributed by atoms with Crippen molar-refractivity contribution >= 4 is 35.1 Å². The van der Waals surface area contributed by atoms with Crippen molar-refractivity contribution < 1.29 is 63.6 Å². The van der Waals surface area contributed by atoms with E-state index in [0.29, 0.717) is 16.7 Å². The van der Waals surface area contributed by atoms with Gasteiger partial charge in [0.1, 0.15) is 70.4 Å². The van der Waals surface area contributed by atoms with Crippen LogP contribution in [0.15, 0.2) is 112 Å². The number of phenols is 4. The minimum Gasteiger partial charge on any atom is -0.508 e. The molecule has 14 heteroatoms. The molecule has 1 fully saturated rings. The summed E-state index contributed by atoms with van der Waals surface area (Å²) < 4.78 is 28.3.